The highest BCUT2D eigenvalue weighted by atomic mass is 32.2. The molecule has 3 aromatic carbocycles. The van der Waals surface area contributed by atoms with Crippen LogP contribution in [0.3, 0.4) is 0 Å². The van der Waals surface area contributed by atoms with Crippen molar-refractivity contribution in [2.24, 2.45) is 29.2 Å². The van der Waals surface area contributed by atoms with Crippen molar-refractivity contribution in [3.63, 3.8) is 0 Å². The number of fused-ring (bicyclic) bond motifs is 4. The van der Waals surface area contributed by atoms with E-state index in [0.29, 0.717) is 47.7 Å². The first-order chi connectivity index (χ1) is 48.8. The molecule has 32 nitrogen and oxygen atoms in total. The van der Waals surface area contributed by atoms with E-state index in [4.69, 9.17) is 31.4 Å². The highest BCUT2D eigenvalue weighted by Crippen LogP contribution is 2.33. The van der Waals surface area contributed by atoms with Gasteiger partial charge in [0.15, 0.2) is 5.96 Å². The maximum atomic E-state index is 15.0. The molecule has 5 aromatic rings. The molecule has 17 N–H and O–H groups in total. The molecule has 2 aromatic heterocycles. The molecule has 0 spiro atoms. The largest absolute Gasteiger partial charge is 0.394 e. The first-order valence-corrected chi connectivity index (χ1v) is 35.1. The number of nitrogens with two attached hydrogens (primary N) is 3. The Morgan fingerprint density at radius 2 is 1.25 bits per heavy atom. The van der Waals surface area contributed by atoms with E-state index in [2.05, 4.69) is 68.5 Å². The first-order valence-electron chi connectivity index (χ1n) is 34.1. The average Bonchev–Trinajstić information content (AvgIpc) is 1.70. The smallest absolute Gasteiger partial charge is 0.315 e. The number of ether oxygens (including phenoxy) is 3. The second-order valence-corrected chi connectivity index (χ2v) is 26.3. The van der Waals surface area contributed by atoms with Crippen molar-refractivity contribution in [2.45, 2.75) is 150 Å². The number of aliphatic hydroxyl groups is 1. The Balaban J connectivity index is 0.963. The zero-order chi connectivity index (χ0) is 72.0. The van der Waals surface area contributed by atoms with Crippen molar-refractivity contribution in [1.29, 1.82) is 0 Å². The Labute approximate surface area is 589 Å². The number of hydrogen-bond acceptors (Lipinski definition) is 18. The number of amides is 11. The van der Waals surface area contributed by atoms with Gasteiger partial charge in [0.2, 0.25) is 53.2 Å². The SMILES string of the molecule is Cn1cc(C[C@@H]2NC(=O)[C@@H](Cc3ccccc3)NC(=O)[C@@H](CCCN=C(N)N)NC(=O)[C@@H](Cc3ccccc3)NC(=O)[C@@H](NC(=O)COCCOCCOCCNC(=O)CCCC[C@@H]3SCC4NC(=O)N[C@@H]43)Cc3cn(nn3)CCCC[C@@H](C(N)=O)NC(=O)[C@@H](CO)NC2=O)c2ccccc21. The number of rotatable bonds is 29. The third-order valence-corrected chi connectivity index (χ3v) is 18.8. The van der Waals surface area contributed by atoms with Gasteiger partial charge in [-0.3, -0.25) is 52.8 Å². The van der Waals surface area contributed by atoms with Gasteiger partial charge in [-0.25, -0.2) is 4.79 Å². The molecule has 0 radical (unpaired) electrons. The van der Waals surface area contributed by atoms with Crippen LogP contribution in [0.4, 0.5) is 4.79 Å². The quantitative estimate of drug-likeness (QED) is 0.0107. The molecule has 33 heteroatoms. The number of thioether (sulfide) groups is 1. The third kappa shape index (κ3) is 24.9. The highest BCUT2D eigenvalue weighted by Gasteiger charge is 2.43. The summed E-state index contributed by atoms with van der Waals surface area (Å²) in [5, 5.41) is 48.0. The molecule has 101 heavy (non-hydrogen) atoms. The average molecular weight is 1420 g/mol. The van der Waals surface area contributed by atoms with Crippen LogP contribution in [-0.2, 0) is 96.6 Å². The summed E-state index contributed by atoms with van der Waals surface area (Å²) >= 11 is 1.85. The zero-order valence-corrected chi connectivity index (χ0v) is 57.4. The minimum atomic E-state index is -1.64. The fraction of sp³-hybridized carbons (Fsp3) is 0.515. The standard InChI is InChI=1S/C68H94N18O14S/c1-85-37-44(46-19-8-9-22-55(46)85)35-51-64(94)80-53(39-87)66(96)75-47(60(69)90)20-12-13-27-86-38-45(83-84-86)36-52(74-58(89)40-100-32-31-99-30-29-98-28-26-72-57(88)24-11-10-23-56-59-54(41-101-56)81-68(97)82-59)65(95)78-49(33-42-15-4-2-5-16-42)62(92)76-48(21-14-25-73-67(70)71)61(91)77-50(63(93)79-51)34-43-17-6-3-7-18-43/h2-9,15-19,22,37-38,47-54,56,59,87H,10-14,20-21,23-36,39-41H2,1H3,(H2,69,90)(H,72,88)(H,74,89)(H,75,96)(H,76,92)(H,77,91)(H,78,95)(H,79,93)(H,80,94)(H4,70,71,73)(H2,81,82,97)/t47-,48+,49+,50+,51-,52-,53+,54?,56-,59-/m0/s1. The predicted molar refractivity (Wildman–Crippen MR) is 374 cm³/mol. The van der Waals surface area contributed by atoms with Crippen molar-refractivity contribution in [3.8, 4) is 0 Å². The molecule has 2 saturated heterocycles. The molecule has 546 valence electrons. The Hall–Kier alpha value is -9.70. The van der Waals surface area contributed by atoms with Gasteiger partial charge in [-0.15, -0.1) is 5.10 Å². The number of benzene rings is 3. The molecule has 2 fully saturated rings. The number of aliphatic hydroxyl groups excluding tert-OH is 1. The monoisotopic (exact) mass is 1420 g/mol. The Morgan fingerprint density at radius 3 is 1.92 bits per heavy atom. The van der Waals surface area contributed by atoms with Gasteiger partial charge in [0.1, 0.15) is 48.9 Å². The van der Waals surface area contributed by atoms with E-state index in [1.165, 1.54) is 4.68 Å². The van der Waals surface area contributed by atoms with Crippen molar-refractivity contribution in [1.82, 2.24) is 72.7 Å². The van der Waals surface area contributed by atoms with Crippen molar-refractivity contribution in [3.05, 3.63) is 120 Å². The molecule has 3 aliphatic rings. The molecule has 2 bridgehead atoms. The number of aryl methyl sites for hydroxylation is 2. The summed E-state index contributed by atoms with van der Waals surface area (Å²) in [6.07, 6.45) is 6.35. The number of hydrogen-bond donors (Lipinski definition) is 14. The van der Waals surface area contributed by atoms with Crippen LogP contribution in [-0.4, -0.2) is 215 Å². The number of nitrogens with one attached hydrogen (secondary N) is 10. The summed E-state index contributed by atoms with van der Waals surface area (Å²) in [7, 11) is 1.81. The predicted octanol–water partition coefficient (Wildman–Crippen LogP) is -1.96. The van der Waals surface area contributed by atoms with E-state index in [1.807, 2.05) is 47.6 Å². The van der Waals surface area contributed by atoms with E-state index < -0.39 is 103 Å². The van der Waals surface area contributed by atoms with E-state index in [-0.39, 0.29) is 127 Å². The van der Waals surface area contributed by atoms with E-state index in [0.717, 1.165) is 35.9 Å². The Kier molecular flexibility index (Phi) is 30.5. The fourth-order valence-electron chi connectivity index (χ4n) is 12.1. The minimum Gasteiger partial charge on any atom is -0.394 e. The van der Waals surface area contributed by atoms with Gasteiger partial charge < -0.3 is 94.3 Å². The molecule has 1 unspecified atom stereocenters. The third-order valence-electron chi connectivity index (χ3n) is 17.3. The summed E-state index contributed by atoms with van der Waals surface area (Å²) in [5.74, 6) is -6.19. The Morgan fingerprint density at radius 1 is 0.644 bits per heavy atom. The van der Waals surface area contributed by atoms with Crippen LogP contribution >= 0.6 is 11.8 Å². The van der Waals surface area contributed by atoms with Gasteiger partial charge in [0.25, 0.3) is 0 Å². The van der Waals surface area contributed by atoms with Crippen LogP contribution < -0.4 is 70.4 Å². The van der Waals surface area contributed by atoms with Gasteiger partial charge in [-0.2, -0.15) is 11.8 Å². The summed E-state index contributed by atoms with van der Waals surface area (Å²) in [5.41, 5.74) is 20.0. The summed E-state index contributed by atoms with van der Waals surface area (Å²) in [6, 6.07) is 14.9. The zero-order valence-electron chi connectivity index (χ0n) is 56.6. The van der Waals surface area contributed by atoms with E-state index in [1.54, 1.807) is 73.1 Å². The van der Waals surface area contributed by atoms with Gasteiger partial charge in [-0.05, 0) is 67.7 Å². The maximum Gasteiger partial charge on any atom is 0.315 e. The van der Waals surface area contributed by atoms with Crippen molar-refractivity contribution >= 4 is 87.8 Å². The second-order valence-electron chi connectivity index (χ2n) is 25.1. The van der Waals surface area contributed by atoms with Gasteiger partial charge in [0.05, 0.1) is 57.4 Å². The lowest BCUT2D eigenvalue weighted by Gasteiger charge is -2.28. The molecule has 3 aliphatic heterocycles. The van der Waals surface area contributed by atoms with E-state index in [9.17, 15) is 48.3 Å². The van der Waals surface area contributed by atoms with Crippen LogP contribution in [0, 0.1) is 0 Å². The number of carbonyl (C=O) groups excluding carboxylic acids is 10. The van der Waals surface area contributed by atoms with Crippen LogP contribution in [0.15, 0.2) is 102 Å². The summed E-state index contributed by atoms with van der Waals surface area (Å²) in [4.78, 5) is 143. The van der Waals surface area contributed by atoms with Gasteiger partial charge in [0, 0.05) is 93.1 Å². The molecular formula is C68H94N18O14S. The number of guanidine groups is 1. The lowest BCUT2D eigenvalue weighted by Crippen LogP contribution is -2.61. The molecule has 10 atom stereocenters. The molecule has 8 rings (SSSR count). The van der Waals surface area contributed by atoms with Crippen LogP contribution in [0.5, 0.6) is 0 Å². The molecule has 0 aliphatic carbocycles. The van der Waals surface area contributed by atoms with Crippen LogP contribution in [0.25, 0.3) is 10.9 Å². The molecular weight excluding hydrogens is 1320 g/mol. The van der Waals surface area contributed by atoms with E-state index >= 15 is 4.79 Å². The highest BCUT2D eigenvalue weighted by molar-refractivity contribution is 8.00. The number of urea groups is 1. The first kappa shape index (κ1) is 77.0. The van der Waals surface area contributed by atoms with Crippen molar-refractivity contribution < 1.29 is 67.3 Å². The van der Waals surface area contributed by atoms with Gasteiger partial charge in [-0.1, -0.05) is 90.5 Å². The topological polar surface area (TPSA) is 465 Å². The fourth-order valence-corrected chi connectivity index (χ4v) is 13.6. The second kappa shape index (κ2) is 39.9. The summed E-state index contributed by atoms with van der Waals surface area (Å²) in [6.45, 7) is -0.0872. The normalized spacial score (nSPS) is 22.7. The van der Waals surface area contributed by atoms with Crippen LogP contribution in [0.2, 0.25) is 0 Å². The number of primary amides is 1. The van der Waals surface area contributed by atoms with Crippen LogP contribution in [0.1, 0.15) is 80.2 Å². The van der Waals surface area contributed by atoms with Crippen molar-refractivity contribution in [2.75, 3.05) is 65.1 Å². The maximum absolute atomic E-state index is 15.0. The summed E-state index contributed by atoms with van der Waals surface area (Å²) < 4.78 is 20.2. The number of para-hydroxylation sites is 1. The number of carbonyl (C=O) groups is 10. The Bertz CT molecular complexity index is 3620. The minimum absolute atomic E-state index is 0.0163. The van der Waals surface area contributed by atoms with Gasteiger partial charge >= 0.3 is 6.03 Å². The molecule has 5 heterocycles. The number of aromatic nitrogens is 4. The molecule has 11 amide bonds. The lowest BCUT2D eigenvalue weighted by molar-refractivity contribution is -0.136. The number of nitrogens with zero attached hydrogens (tertiary/aromatic N) is 5. The molecule has 0 saturated carbocycles. The lowest BCUT2D eigenvalue weighted by atomic mass is 10.0. The number of aliphatic imine (C=N–C) groups is 1. The number of unbranched alkanes of at least 4 members (excludes halogenated alkanes) is 1.